The van der Waals surface area contributed by atoms with E-state index in [1.165, 1.54) is 11.8 Å². The molecule has 1 heterocycles. The lowest BCUT2D eigenvalue weighted by Gasteiger charge is -2.11. The molecule has 0 spiro atoms. The molecule has 0 bridgehead atoms. The lowest BCUT2D eigenvalue weighted by molar-refractivity contribution is 0.340. The van der Waals surface area contributed by atoms with Gasteiger partial charge in [-0.15, -0.1) is 11.3 Å². The first-order valence-electron chi connectivity index (χ1n) is 8.58. The Morgan fingerprint density at radius 2 is 1.96 bits per heavy atom. The number of aromatic nitrogens is 1. The van der Waals surface area contributed by atoms with Crippen LogP contribution in [0.1, 0.15) is 12.5 Å². The van der Waals surface area contributed by atoms with Gasteiger partial charge in [0, 0.05) is 5.56 Å². The van der Waals surface area contributed by atoms with Crippen molar-refractivity contribution in [2.24, 2.45) is 0 Å². The Morgan fingerprint density at radius 3 is 2.78 bits per heavy atom. The van der Waals surface area contributed by atoms with E-state index in [9.17, 15) is 5.26 Å². The minimum absolute atomic E-state index is 0.575. The van der Waals surface area contributed by atoms with Gasteiger partial charge in [-0.2, -0.15) is 5.26 Å². The first kappa shape index (κ1) is 17.6. The zero-order valence-corrected chi connectivity index (χ0v) is 16.3. The second-order valence-electron chi connectivity index (χ2n) is 5.80. The van der Waals surface area contributed by atoms with Crippen molar-refractivity contribution in [3.8, 4) is 11.8 Å². The number of para-hydroxylation sites is 1. The fraction of sp³-hybridized carbons (Fsp3) is 0.0909. The number of hydrogen-bond acceptors (Lipinski definition) is 5. The van der Waals surface area contributed by atoms with E-state index in [2.05, 4.69) is 23.2 Å². The largest absolute Gasteiger partial charge is 0.493 e. The summed E-state index contributed by atoms with van der Waals surface area (Å²) in [6.07, 6.45) is 1.91. The predicted molar refractivity (Wildman–Crippen MR) is 114 cm³/mol. The Labute approximate surface area is 165 Å². The predicted octanol–water partition coefficient (Wildman–Crippen LogP) is 6.50. The van der Waals surface area contributed by atoms with Crippen LogP contribution in [0, 0.1) is 11.3 Å². The van der Waals surface area contributed by atoms with Gasteiger partial charge in [-0.25, -0.2) is 4.98 Å². The van der Waals surface area contributed by atoms with Gasteiger partial charge in [0.15, 0.2) is 4.34 Å². The number of thiazole rings is 1. The second-order valence-corrected chi connectivity index (χ2v) is 8.12. The van der Waals surface area contributed by atoms with Crippen molar-refractivity contribution in [1.29, 1.82) is 5.26 Å². The number of nitriles is 1. The number of nitrogens with zero attached hydrogens (tertiary/aromatic N) is 2. The quantitative estimate of drug-likeness (QED) is 0.289. The molecule has 0 atom stereocenters. The van der Waals surface area contributed by atoms with Crippen molar-refractivity contribution < 1.29 is 4.74 Å². The third kappa shape index (κ3) is 3.68. The van der Waals surface area contributed by atoms with Gasteiger partial charge in [0.25, 0.3) is 0 Å². The zero-order valence-electron chi connectivity index (χ0n) is 14.7. The topological polar surface area (TPSA) is 45.9 Å². The van der Waals surface area contributed by atoms with E-state index in [1.807, 2.05) is 61.5 Å². The van der Waals surface area contributed by atoms with E-state index in [0.717, 1.165) is 36.6 Å². The van der Waals surface area contributed by atoms with Crippen LogP contribution in [0.25, 0.3) is 27.1 Å². The van der Waals surface area contributed by atoms with Crippen LogP contribution < -0.4 is 4.74 Å². The van der Waals surface area contributed by atoms with E-state index >= 15 is 0 Å². The van der Waals surface area contributed by atoms with E-state index in [0.29, 0.717) is 11.5 Å². The van der Waals surface area contributed by atoms with Gasteiger partial charge in [0.1, 0.15) is 11.8 Å². The van der Waals surface area contributed by atoms with Crippen LogP contribution in [0.15, 0.2) is 69.9 Å². The molecule has 4 rings (SSSR count). The first-order valence-corrected chi connectivity index (χ1v) is 10.2. The minimum atomic E-state index is 0.575. The molecular formula is C22H16N2OS2. The number of rotatable bonds is 5. The maximum Gasteiger partial charge on any atom is 0.156 e. The number of thioether (sulfide) groups is 1. The summed E-state index contributed by atoms with van der Waals surface area (Å²) in [4.78, 5) is 5.21. The number of ether oxygens (including phenoxy) is 1. The maximum atomic E-state index is 9.71. The highest BCUT2D eigenvalue weighted by atomic mass is 32.2. The van der Waals surface area contributed by atoms with Crippen molar-refractivity contribution in [1.82, 2.24) is 4.98 Å². The SMILES string of the molecule is CCOc1ccc2ccccc2c1/C=C(\C#N)Sc1nc2ccccc2s1. The average molecular weight is 389 g/mol. The Morgan fingerprint density at radius 1 is 1.15 bits per heavy atom. The molecule has 0 radical (unpaired) electrons. The molecule has 5 heteroatoms. The number of allylic oxidation sites excluding steroid dienone is 1. The van der Waals surface area contributed by atoms with Gasteiger partial charge in [-0.1, -0.05) is 42.5 Å². The lowest BCUT2D eigenvalue weighted by atomic mass is 10.0. The Hall–Kier alpha value is -2.81. The molecule has 0 unspecified atom stereocenters. The van der Waals surface area contributed by atoms with Crippen LogP contribution in [0.2, 0.25) is 0 Å². The first-order chi connectivity index (χ1) is 13.3. The Balaban J connectivity index is 1.77. The van der Waals surface area contributed by atoms with E-state index in [4.69, 9.17) is 4.74 Å². The van der Waals surface area contributed by atoms with Gasteiger partial charge in [-0.05, 0) is 53.7 Å². The van der Waals surface area contributed by atoms with Crippen molar-refractivity contribution >= 4 is 50.2 Å². The molecule has 0 saturated heterocycles. The minimum Gasteiger partial charge on any atom is -0.493 e. The van der Waals surface area contributed by atoms with Gasteiger partial charge in [0.05, 0.1) is 21.7 Å². The molecule has 0 amide bonds. The standard InChI is InChI=1S/C22H16N2OS2/c1-2-25-20-12-11-15-7-3-4-8-17(15)18(20)13-16(14-23)26-22-24-19-9-5-6-10-21(19)27-22/h3-13H,2H2,1H3/b16-13+. The average Bonchev–Trinajstić information content (AvgIpc) is 3.11. The number of fused-ring (bicyclic) bond motifs is 2. The monoisotopic (exact) mass is 388 g/mol. The van der Waals surface area contributed by atoms with Crippen LogP contribution in [0.5, 0.6) is 5.75 Å². The van der Waals surface area contributed by atoms with E-state index in [1.54, 1.807) is 11.3 Å². The number of hydrogen-bond donors (Lipinski definition) is 0. The molecule has 3 aromatic carbocycles. The van der Waals surface area contributed by atoms with Crippen LogP contribution in [-0.4, -0.2) is 11.6 Å². The van der Waals surface area contributed by atoms with E-state index < -0.39 is 0 Å². The Bertz CT molecular complexity index is 1150. The van der Waals surface area contributed by atoms with Gasteiger partial charge >= 0.3 is 0 Å². The van der Waals surface area contributed by atoms with Crippen molar-refractivity contribution in [3.05, 3.63) is 71.1 Å². The highest BCUT2D eigenvalue weighted by Gasteiger charge is 2.11. The van der Waals surface area contributed by atoms with Crippen LogP contribution in [-0.2, 0) is 0 Å². The molecule has 0 saturated carbocycles. The highest BCUT2D eigenvalue weighted by Crippen LogP contribution is 2.37. The smallest absolute Gasteiger partial charge is 0.156 e. The van der Waals surface area contributed by atoms with Crippen molar-refractivity contribution in [3.63, 3.8) is 0 Å². The summed E-state index contributed by atoms with van der Waals surface area (Å²) in [5, 5.41) is 11.9. The van der Waals surface area contributed by atoms with Crippen LogP contribution in [0.4, 0.5) is 0 Å². The summed E-state index contributed by atoms with van der Waals surface area (Å²) in [6.45, 7) is 2.54. The normalized spacial score (nSPS) is 11.6. The fourth-order valence-electron chi connectivity index (χ4n) is 2.91. The van der Waals surface area contributed by atoms with Gasteiger partial charge in [-0.3, -0.25) is 0 Å². The van der Waals surface area contributed by atoms with E-state index in [-0.39, 0.29) is 0 Å². The van der Waals surface area contributed by atoms with Crippen LogP contribution in [0.3, 0.4) is 0 Å². The summed E-state index contributed by atoms with van der Waals surface area (Å²) in [5.74, 6) is 0.786. The fourth-order valence-corrected chi connectivity index (χ4v) is 4.87. The molecule has 0 N–H and O–H groups in total. The maximum absolute atomic E-state index is 9.71. The molecule has 0 fully saturated rings. The van der Waals surface area contributed by atoms with Gasteiger partial charge in [0.2, 0.25) is 0 Å². The summed E-state index contributed by atoms with van der Waals surface area (Å²) in [5.41, 5.74) is 1.89. The summed E-state index contributed by atoms with van der Waals surface area (Å²) in [7, 11) is 0. The third-order valence-electron chi connectivity index (χ3n) is 4.09. The van der Waals surface area contributed by atoms with Crippen molar-refractivity contribution in [2.45, 2.75) is 11.3 Å². The molecule has 0 aliphatic rings. The highest BCUT2D eigenvalue weighted by molar-refractivity contribution is 8.05. The Kier molecular flexibility index (Phi) is 5.10. The molecule has 0 aliphatic carbocycles. The molecule has 132 valence electrons. The van der Waals surface area contributed by atoms with Crippen LogP contribution >= 0.6 is 23.1 Å². The lowest BCUT2D eigenvalue weighted by Crippen LogP contribution is -1.95. The molecule has 4 aromatic rings. The molecule has 3 nitrogen and oxygen atoms in total. The molecule has 27 heavy (non-hydrogen) atoms. The summed E-state index contributed by atoms with van der Waals surface area (Å²) < 4.78 is 7.80. The summed E-state index contributed by atoms with van der Waals surface area (Å²) >= 11 is 2.99. The second kappa shape index (κ2) is 7.83. The van der Waals surface area contributed by atoms with Crippen molar-refractivity contribution in [2.75, 3.05) is 6.61 Å². The van der Waals surface area contributed by atoms with Gasteiger partial charge < -0.3 is 4.74 Å². The number of benzene rings is 3. The molecule has 1 aromatic heterocycles. The summed E-state index contributed by atoms with van der Waals surface area (Å²) in [6, 6.07) is 22.5. The molecular weight excluding hydrogens is 372 g/mol. The third-order valence-corrected chi connectivity index (χ3v) is 6.11. The molecule has 0 aliphatic heterocycles. The zero-order chi connectivity index (χ0) is 18.6.